The lowest BCUT2D eigenvalue weighted by Gasteiger charge is -2.35. The summed E-state index contributed by atoms with van der Waals surface area (Å²) in [6.07, 6.45) is 1.79. The highest BCUT2D eigenvalue weighted by molar-refractivity contribution is 7.93. The molecule has 0 saturated carbocycles. The Morgan fingerprint density at radius 2 is 2.06 bits per heavy atom. The van der Waals surface area contributed by atoms with Gasteiger partial charge in [0, 0.05) is 37.1 Å². The number of benzene rings is 1. The van der Waals surface area contributed by atoms with Gasteiger partial charge < -0.3 is 15.3 Å². The Hall–Kier alpha value is -2.49. The molecule has 0 spiro atoms. The van der Waals surface area contributed by atoms with Crippen molar-refractivity contribution in [3.63, 3.8) is 0 Å². The molecule has 1 unspecified atom stereocenters. The Labute approximate surface area is 182 Å². The molecule has 2 aliphatic heterocycles. The Kier molecular flexibility index (Phi) is 6.00. The molecular formula is C22H28N4O4S. The van der Waals surface area contributed by atoms with E-state index in [0.717, 1.165) is 12.2 Å². The molecule has 166 valence electrons. The van der Waals surface area contributed by atoms with E-state index >= 15 is 0 Å². The highest BCUT2D eigenvalue weighted by atomic mass is 32.2. The number of hydrogen-bond donors (Lipinski definition) is 2. The van der Waals surface area contributed by atoms with Crippen molar-refractivity contribution in [2.75, 3.05) is 41.2 Å². The van der Waals surface area contributed by atoms with Gasteiger partial charge in [-0.25, -0.2) is 17.7 Å². The van der Waals surface area contributed by atoms with Crippen molar-refractivity contribution in [3.05, 3.63) is 53.2 Å². The Bertz CT molecular complexity index is 1070. The number of carbonyl (C=O) groups is 1. The van der Waals surface area contributed by atoms with Gasteiger partial charge >= 0.3 is 0 Å². The molecule has 2 saturated heterocycles. The second kappa shape index (κ2) is 8.57. The number of anilines is 2. The maximum atomic E-state index is 13.1. The van der Waals surface area contributed by atoms with Gasteiger partial charge in [-0.3, -0.25) is 4.79 Å². The number of carbonyl (C=O) groups excluding carboxylic acids is 1. The van der Waals surface area contributed by atoms with Crippen LogP contribution in [0.4, 0.5) is 11.5 Å². The number of nitrogens with zero attached hydrogens (tertiary/aromatic N) is 3. The third-order valence-electron chi connectivity index (χ3n) is 5.99. The standard InChI is InChI=1S/C22H28N4O4S/c1-15-3-5-20(16(2)11-15)25-9-8-23-19(13-25)22(28)17-4-6-21(24-12-17)26-18(14-27)7-10-31(26,29)30/h3-6,11-12,18-19,23,27H,7-10,13-14H2,1-2H3/t18-,19?/m0/s1. The van der Waals surface area contributed by atoms with Gasteiger partial charge in [0.05, 0.1) is 24.4 Å². The summed E-state index contributed by atoms with van der Waals surface area (Å²) < 4.78 is 25.8. The molecule has 3 heterocycles. The number of nitrogens with one attached hydrogen (secondary N) is 1. The van der Waals surface area contributed by atoms with Crippen LogP contribution in [-0.4, -0.2) is 68.4 Å². The van der Waals surface area contributed by atoms with E-state index in [1.54, 1.807) is 12.1 Å². The second-order valence-corrected chi connectivity index (χ2v) is 10.2. The fraction of sp³-hybridized carbons (Fsp3) is 0.455. The molecule has 0 radical (unpaired) electrons. The Balaban J connectivity index is 1.50. The summed E-state index contributed by atoms with van der Waals surface area (Å²) >= 11 is 0. The first-order valence-electron chi connectivity index (χ1n) is 10.5. The second-order valence-electron chi connectivity index (χ2n) is 8.25. The summed E-state index contributed by atoms with van der Waals surface area (Å²) in [7, 11) is -3.49. The largest absolute Gasteiger partial charge is 0.394 e. The van der Waals surface area contributed by atoms with Crippen molar-refractivity contribution in [2.24, 2.45) is 0 Å². The molecule has 31 heavy (non-hydrogen) atoms. The molecule has 2 atom stereocenters. The van der Waals surface area contributed by atoms with Crippen molar-refractivity contribution >= 4 is 27.3 Å². The van der Waals surface area contributed by atoms with Gasteiger partial charge in [-0.1, -0.05) is 17.7 Å². The monoisotopic (exact) mass is 444 g/mol. The van der Waals surface area contributed by atoms with E-state index in [-0.39, 0.29) is 30.0 Å². The first-order valence-corrected chi connectivity index (χ1v) is 12.1. The maximum Gasteiger partial charge on any atom is 0.236 e. The van der Waals surface area contributed by atoms with E-state index in [2.05, 4.69) is 47.2 Å². The van der Waals surface area contributed by atoms with E-state index < -0.39 is 16.1 Å². The van der Waals surface area contributed by atoms with Gasteiger partial charge in [0.2, 0.25) is 10.0 Å². The summed E-state index contributed by atoms with van der Waals surface area (Å²) in [5.74, 6) is 0.152. The van der Waals surface area contributed by atoms with Crippen molar-refractivity contribution in [2.45, 2.75) is 32.4 Å². The molecule has 9 heteroatoms. The van der Waals surface area contributed by atoms with Gasteiger partial charge in [0.1, 0.15) is 5.82 Å². The average molecular weight is 445 g/mol. The molecular weight excluding hydrogens is 416 g/mol. The number of piperazine rings is 1. The number of aliphatic hydroxyl groups excluding tert-OH is 1. The quantitative estimate of drug-likeness (QED) is 0.670. The molecule has 2 aliphatic rings. The zero-order valence-electron chi connectivity index (χ0n) is 17.8. The van der Waals surface area contributed by atoms with Crippen LogP contribution in [0, 0.1) is 13.8 Å². The summed E-state index contributed by atoms with van der Waals surface area (Å²) in [6, 6.07) is 8.60. The van der Waals surface area contributed by atoms with Crippen LogP contribution in [0.5, 0.6) is 0 Å². The first kappa shape index (κ1) is 21.7. The Morgan fingerprint density at radius 1 is 1.26 bits per heavy atom. The number of aryl methyl sites for hydroxylation is 2. The molecule has 0 aliphatic carbocycles. The molecule has 0 amide bonds. The van der Waals surface area contributed by atoms with E-state index in [9.17, 15) is 18.3 Å². The minimum absolute atomic E-state index is 0.0131. The summed E-state index contributed by atoms with van der Waals surface area (Å²) in [4.78, 5) is 19.6. The fourth-order valence-corrected chi connectivity index (χ4v) is 6.18. The molecule has 1 aromatic heterocycles. The summed E-state index contributed by atoms with van der Waals surface area (Å²) in [5, 5.41) is 12.8. The first-order chi connectivity index (χ1) is 14.8. The van der Waals surface area contributed by atoms with Crippen molar-refractivity contribution in [1.82, 2.24) is 10.3 Å². The van der Waals surface area contributed by atoms with E-state index in [4.69, 9.17) is 0 Å². The minimum Gasteiger partial charge on any atom is -0.394 e. The molecule has 2 aromatic rings. The van der Waals surface area contributed by atoms with Gasteiger partial charge in [-0.2, -0.15) is 0 Å². The van der Waals surface area contributed by atoms with Crippen LogP contribution in [0.2, 0.25) is 0 Å². The summed E-state index contributed by atoms with van der Waals surface area (Å²) in [6.45, 7) is 5.95. The fourth-order valence-electron chi connectivity index (χ4n) is 4.39. The minimum atomic E-state index is -3.49. The van der Waals surface area contributed by atoms with Crippen LogP contribution in [0.1, 0.15) is 27.9 Å². The zero-order chi connectivity index (χ0) is 22.2. The number of aliphatic hydroxyl groups is 1. The Morgan fingerprint density at radius 3 is 2.74 bits per heavy atom. The smallest absolute Gasteiger partial charge is 0.236 e. The van der Waals surface area contributed by atoms with Crippen LogP contribution in [-0.2, 0) is 10.0 Å². The normalized spacial score (nSPS) is 23.2. The number of pyridine rings is 1. The van der Waals surface area contributed by atoms with E-state index in [1.807, 2.05) is 0 Å². The van der Waals surface area contributed by atoms with E-state index in [1.165, 1.54) is 21.6 Å². The molecule has 8 nitrogen and oxygen atoms in total. The molecule has 0 bridgehead atoms. The lowest BCUT2D eigenvalue weighted by atomic mass is 10.0. The van der Waals surface area contributed by atoms with Crippen LogP contribution in [0.25, 0.3) is 0 Å². The lowest BCUT2D eigenvalue weighted by Crippen LogP contribution is -2.54. The summed E-state index contributed by atoms with van der Waals surface area (Å²) in [5.41, 5.74) is 3.96. The molecule has 4 rings (SSSR count). The van der Waals surface area contributed by atoms with E-state index in [0.29, 0.717) is 25.1 Å². The molecule has 2 fully saturated rings. The number of ketones is 1. The number of hydrogen-bond acceptors (Lipinski definition) is 7. The zero-order valence-corrected chi connectivity index (χ0v) is 18.6. The SMILES string of the molecule is Cc1ccc(N2CCNC(C(=O)c3ccc(N4[C@H](CO)CCS4(=O)=O)nc3)C2)c(C)c1. The highest BCUT2D eigenvalue weighted by Gasteiger charge is 2.38. The number of rotatable bonds is 5. The van der Waals surface area contributed by atoms with Gasteiger partial charge in [-0.05, 0) is 44.0 Å². The number of Topliss-reactive ketones (excluding diaryl/α,β-unsaturated/α-hetero) is 1. The number of sulfonamides is 1. The third kappa shape index (κ3) is 4.30. The van der Waals surface area contributed by atoms with Gasteiger partial charge in [0.25, 0.3) is 0 Å². The van der Waals surface area contributed by atoms with Crippen LogP contribution in [0.15, 0.2) is 36.5 Å². The van der Waals surface area contributed by atoms with Gasteiger partial charge in [-0.15, -0.1) is 0 Å². The van der Waals surface area contributed by atoms with Crippen LogP contribution < -0.4 is 14.5 Å². The topological polar surface area (TPSA) is 103 Å². The third-order valence-corrected chi connectivity index (χ3v) is 7.83. The molecule has 1 aromatic carbocycles. The van der Waals surface area contributed by atoms with Gasteiger partial charge in [0.15, 0.2) is 5.78 Å². The van der Waals surface area contributed by atoms with Crippen LogP contribution >= 0.6 is 0 Å². The van der Waals surface area contributed by atoms with Crippen LogP contribution in [0.3, 0.4) is 0 Å². The van der Waals surface area contributed by atoms with Crippen molar-refractivity contribution in [3.8, 4) is 0 Å². The predicted molar refractivity (Wildman–Crippen MR) is 120 cm³/mol. The predicted octanol–water partition coefficient (Wildman–Crippen LogP) is 1.26. The average Bonchev–Trinajstić information content (AvgIpc) is 3.07. The molecule has 2 N–H and O–H groups in total. The van der Waals surface area contributed by atoms with Crippen molar-refractivity contribution in [1.29, 1.82) is 0 Å². The highest BCUT2D eigenvalue weighted by Crippen LogP contribution is 2.28. The van der Waals surface area contributed by atoms with Crippen molar-refractivity contribution < 1.29 is 18.3 Å². The number of aromatic nitrogens is 1. The lowest BCUT2D eigenvalue weighted by molar-refractivity contribution is 0.0939. The maximum absolute atomic E-state index is 13.1.